The second-order valence-corrected chi connectivity index (χ2v) is 2.73. The van der Waals surface area contributed by atoms with Gasteiger partial charge in [-0.3, -0.25) is 0 Å². The summed E-state index contributed by atoms with van der Waals surface area (Å²) in [6.45, 7) is 3.54. The summed E-state index contributed by atoms with van der Waals surface area (Å²) in [7, 11) is 0. The second kappa shape index (κ2) is 3.01. The molecule has 0 bridgehead atoms. The van der Waals surface area contributed by atoms with Crippen molar-refractivity contribution in [2.24, 2.45) is 0 Å². The van der Waals surface area contributed by atoms with E-state index in [9.17, 15) is 4.39 Å². The molecule has 2 nitrogen and oxygen atoms in total. The molecule has 0 aliphatic rings. The third kappa shape index (κ3) is 1.45. The van der Waals surface area contributed by atoms with Gasteiger partial charge in [-0.2, -0.15) is 5.10 Å². The fourth-order valence-corrected chi connectivity index (χ4v) is 1.10. The van der Waals surface area contributed by atoms with Crippen LogP contribution in [0.1, 0.15) is 5.56 Å². The zero-order valence-electron chi connectivity index (χ0n) is 6.94. The van der Waals surface area contributed by atoms with Crippen molar-refractivity contribution >= 4 is 0 Å². The van der Waals surface area contributed by atoms with Gasteiger partial charge in [-0.15, -0.1) is 0 Å². The fourth-order valence-electron chi connectivity index (χ4n) is 1.10. The van der Waals surface area contributed by atoms with Crippen LogP contribution < -0.4 is 0 Å². The lowest BCUT2D eigenvalue weighted by Crippen LogP contribution is -1.95. The Balaban J connectivity index is 2.49. The van der Waals surface area contributed by atoms with Crippen LogP contribution >= 0.6 is 0 Å². The molecule has 0 saturated carbocycles. The third-order valence-electron chi connectivity index (χ3n) is 1.81. The monoisotopic (exact) mass is 175 g/mol. The van der Waals surface area contributed by atoms with Crippen molar-refractivity contribution < 1.29 is 4.39 Å². The highest BCUT2D eigenvalue weighted by atomic mass is 19.1. The highest BCUT2D eigenvalue weighted by Gasteiger charge is 2.00. The number of benzene rings is 1. The molecular formula is C10H8FN2. The Morgan fingerprint density at radius 3 is 2.85 bits per heavy atom. The molecule has 0 amide bonds. The molecular weight excluding hydrogens is 167 g/mol. The summed E-state index contributed by atoms with van der Waals surface area (Å²) in [5.74, 6) is -0.312. The van der Waals surface area contributed by atoms with Gasteiger partial charge in [-0.1, -0.05) is 6.07 Å². The minimum Gasteiger partial charge on any atom is -0.241 e. The molecule has 2 rings (SSSR count). The predicted octanol–water partition coefficient (Wildman–Crippen LogP) is 2.19. The van der Waals surface area contributed by atoms with Crippen molar-refractivity contribution in [3.8, 4) is 5.69 Å². The molecule has 0 aliphatic carbocycles. The number of hydrogen-bond acceptors (Lipinski definition) is 1. The van der Waals surface area contributed by atoms with Crippen LogP contribution in [0.3, 0.4) is 0 Å². The Labute approximate surface area is 75.6 Å². The van der Waals surface area contributed by atoms with Gasteiger partial charge in [0.2, 0.25) is 0 Å². The van der Waals surface area contributed by atoms with E-state index in [1.807, 2.05) is 0 Å². The molecule has 0 spiro atoms. The van der Waals surface area contributed by atoms with Gasteiger partial charge in [0.05, 0.1) is 5.69 Å². The third-order valence-corrected chi connectivity index (χ3v) is 1.81. The molecule has 1 aromatic heterocycles. The van der Waals surface area contributed by atoms with Crippen molar-refractivity contribution in [1.82, 2.24) is 9.78 Å². The van der Waals surface area contributed by atoms with Crippen LogP contribution in [0.15, 0.2) is 36.7 Å². The second-order valence-electron chi connectivity index (χ2n) is 2.73. The lowest BCUT2D eigenvalue weighted by molar-refractivity contribution is 0.620. The zero-order chi connectivity index (χ0) is 9.26. The first-order valence-corrected chi connectivity index (χ1v) is 3.89. The van der Waals surface area contributed by atoms with Gasteiger partial charge in [0.25, 0.3) is 0 Å². The zero-order valence-corrected chi connectivity index (χ0v) is 6.94. The largest absolute Gasteiger partial charge is 0.241 e. The number of halogens is 1. The smallest absolute Gasteiger partial charge is 0.128 e. The summed E-state index contributed by atoms with van der Waals surface area (Å²) in [6.07, 6.45) is 3.41. The average Bonchev–Trinajstić information content (AvgIpc) is 2.62. The van der Waals surface area contributed by atoms with Gasteiger partial charge in [0, 0.05) is 12.4 Å². The van der Waals surface area contributed by atoms with E-state index in [1.54, 1.807) is 35.3 Å². The van der Waals surface area contributed by atoms with E-state index in [4.69, 9.17) is 0 Å². The molecule has 1 aromatic carbocycles. The maximum atomic E-state index is 13.1. The molecule has 0 atom stereocenters. The van der Waals surface area contributed by atoms with Crippen molar-refractivity contribution in [3.05, 3.63) is 55.0 Å². The van der Waals surface area contributed by atoms with Crippen molar-refractivity contribution in [3.63, 3.8) is 0 Å². The summed E-state index contributed by atoms with van der Waals surface area (Å²) in [4.78, 5) is 0. The van der Waals surface area contributed by atoms with Crippen LogP contribution in [0.4, 0.5) is 4.39 Å². The highest BCUT2D eigenvalue weighted by Crippen LogP contribution is 2.11. The van der Waals surface area contributed by atoms with Crippen LogP contribution in [0.25, 0.3) is 5.69 Å². The number of aromatic nitrogens is 2. The first-order valence-electron chi connectivity index (χ1n) is 3.89. The topological polar surface area (TPSA) is 17.8 Å². The fraction of sp³-hybridized carbons (Fsp3) is 0. The lowest BCUT2D eigenvalue weighted by atomic mass is 10.2. The lowest BCUT2D eigenvalue weighted by Gasteiger charge is -2.02. The maximum absolute atomic E-state index is 13.1. The Morgan fingerprint density at radius 2 is 2.23 bits per heavy atom. The van der Waals surface area contributed by atoms with Crippen molar-refractivity contribution in [1.29, 1.82) is 0 Å². The summed E-state index contributed by atoms with van der Waals surface area (Å²) >= 11 is 0. The minimum absolute atomic E-state index is 0.312. The average molecular weight is 175 g/mol. The first kappa shape index (κ1) is 7.98. The minimum atomic E-state index is -0.312. The number of nitrogens with zero attached hydrogens (tertiary/aromatic N) is 2. The molecule has 0 fully saturated rings. The molecule has 0 aliphatic heterocycles. The molecule has 65 valence electrons. The van der Waals surface area contributed by atoms with Crippen LogP contribution in [0.2, 0.25) is 0 Å². The van der Waals surface area contributed by atoms with E-state index in [0.29, 0.717) is 11.3 Å². The molecule has 0 unspecified atom stereocenters. The van der Waals surface area contributed by atoms with E-state index >= 15 is 0 Å². The molecule has 2 aromatic rings. The normalized spacial score (nSPS) is 10.3. The molecule has 1 heterocycles. The van der Waals surface area contributed by atoms with Crippen LogP contribution in [0, 0.1) is 12.7 Å². The summed E-state index contributed by atoms with van der Waals surface area (Å²) in [5.41, 5.74) is 1.10. The Bertz CT molecular complexity index is 407. The Morgan fingerprint density at radius 1 is 1.38 bits per heavy atom. The standard InChI is InChI=1S/C10H8FN2/c1-8-3-4-9(7-10(8)11)13-6-2-5-12-13/h2-7H,1H2. The van der Waals surface area contributed by atoms with E-state index < -0.39 is 0 Å². The number of rotatable bonds is 1. The summed E-state index contributed by atoms with van der Waals surface area (Å²) in [6, 6.07) is 6.61. The van der Waals surface area contributed by atoms with E-state index in [2.05, 4.69) is 12.0 Å². The van der Waals surface area contributed by atoms with Gasteiger partial charge in [0.15, 0.2) is 0 Å². The van der Waals surface area contributed by atoms with E-state index in [0.717, 1.165) is 0 Å². The SMILES string of the molecule is [CH2]c1ccc(-n2cccn2)cc1F. The highest BCUT2D eigenvalue weighted by molar-refractivity contribution is 5.35. The van der Waals surface area contributed by atoms with Gasteiger partial charge >= 0.3 is 0 Å². The molecule has 0 N–H and O–H groups in total. The quantitative estimate of drug-likeness (QED) is 0.649. The van der Waals surface area contributed by atoms with Crippen molar-refractivity contribution in [2.45, 2.75) is 0 Å². The molecule has 0 saturated heterocycles. The number of hydrogen-bond donors (Lipinski definition) is 0. The Kier molecular flexibility index (Phi) is 1.85. The van der Waals surface area contributed by atoms with E-state index in [1.165, 1.54) is 6.07 Å². The predicted molar refractivity (Wildman–Crippen MR) is 48.0 cm³/mol. The van der Waals surface area contributed by atoms with Crippen LogP contribution in [0.5, 0.6) is 0 Å². The summed E-state index contributed by atoms with van der Waals surface area (Å²) in [5, 5.41) is 3.99. The Hall–Kier alpha value is -1.64. The first-order chi connectivity index (χ1) is 6.27. The van der Waals surface area contributed by atoms with E-state index in [-0.39, 0.29) is 5.82 Å². The molecule has 1 radical (unpaired) electrons. The van der Waals surface area contributed by atoms with Crippen molar-refractivity contribution in [2.75, 3.05) is 0 Å². The molecule has 3 heteroatoms. The van der Waals surface area contributed by atoms with Crippen LogP contribution in [-0.2, 0) is 0 Å². The maximum Gasteiger partial charge on any atom is 0.128 e. The van der Waals surface area contributed by atoms with Gasteiger partial charge in [-0.05, 0) is 30.7 Å². The van der Waals surface area contributed by atoms with Gasteiger partial charge < -0.3 is 0 Å². The van der Waals surface area contributed by atoms with Gasteiger partial charge in [0.1, 0.15) is 5.82 Å². The summed E-state index contributed by atoms with van der Waals surface area (Å²) < 4.78 is 14.7. The van der Waals surface area contributed by atoms with Gasteiger partial charge in [-0.25, -0.2) is 9.07 Å². The van der Waals surface area contributed by atoms with Crippen LogP contribution in [-0.4, -0.2) is 9.78 Å². The molecule has 13 heavy (non-hydrogen) atoms.